The summed E-state index contributed by atoms with van der Waals surface area (Å²) >= 11 is 0. The summed E-state index contributed by atoms with van der Waals surface area (Å²) in [6.07, 6.45) is 5.26. The second-order valence-corrected chi connectivity index (χ2v) is 3.43. The van der Waals surface area contributed by atoms with E-state index in [-0.39, 0.29) is 0 Å². The lowest BCUT2D eigenvalue weighted by atomic mass is 9.97. The first kappa shape index (κ1) is 9.11. The molecule has 1 heterocycles. The Morgan fingerprint density at radius 1 is 1.42 bits per heavy atom. The second kappa shape index (κ2) is 3.61. The molecule has 0 aromatic heterocycles. The molecular formula is C11H17N. The smallest absolute Gasteiger partial charge is 0.0308 e. The van der Waals surface area contributed by atoms with Crippen molar-refractivity contribution in [2.75, 3.05) is 0 Å². The SMILES string of the molecule is C=C1C=CC(C(C)C)=C(CC)N1. The summed E-state index contributed by atoms with van der Waals surface area (Å²) in [5.41, 5.74) is 3.72. The molecule has 1 aliphatic heterocycles. The van der Waals surface area contributed by atoms with Gasteiger partial charge in [0.05, 0.1) is 0 Å². The van der Waals surface area contributed by atoms with Crippen molar-refractivity contribution in [3.8, 4) is 0 Å². The third-order valence-electron chi connectivity index (χ3n) is 2.10. The normalized spacial score (nSPS) is 17.2. The third kappa shape index (κ3) is 1.79. The summed E-state index contributed by atoms with van der Waals surface area (Å²) in [6, 6.07) is 0. The molecule has 0 aliphatic carbocycles. The van der Waals surface area contributed by atoms with Crippen molar-refractivity contribution in [3.05, 3.63) is 35.7 Å². The van der Waals surface area contributed by atoms with Crippen molar-refractivity contribution < 1.29 is 0 Å². The maximum atomic E-state index is 3.87. The first-order valence-corrected chi connectivity index (χ1v) is 4.52. The Bertz CT molecular complexity index is 244. The minimum Gasteiger partial charge on any atom is -0.359 e. The van der Waals surface area contributed by atoms with Gasteiger partial charge in [0, 0.05) is 11.4 Å². The number of dihydropyridines is 1. The molecule has 0 radical (unpaired) electrons. The van der Waals surface area contributed by atoms with E-state index in [1.54, 1.807) is 0 Å². The minimum atomic E-state index is 0.594. The second-order valence-electron chi connectivity index (χ2n) is 3.43. The average Bonchev–Trinajstić information content (AvgIpc) is 2.03. The van der Waals surface area contributed by atoms with Crippen LogP contribution in [-0.4, -0.2) is 0 Å². The van der Waals surface area contributed by atoms with Gasteiger partial charge in [-0.1, -0.05) is 33.4 Å². The summed E-state index contributed by atoms with van der Waals surface area (Å²) in [4.78, 5) is 0. The number of hydrogen-bond donors (Lipinski definition) is 1. The van der Waals surface area contributed by atoms with Gasteiger partial charge in [0.1, 0.15) is 0 Å². The van der Waals surface area contributed by atoms with Crippen LogP contribution in [0.15, 0.2) is 35.7 Å². The molecule has 0 amide bonds. The number of allylic oxidation sites excluding steroid dienone is 4. The predicted octanol–water partition coefficient (Wildman–Crippen LogP) is 2.98. The summed E-state index contributed by atoms with van der Waals surface area (Å²) in [5.74, 6) is 0.594. The average molecular weight is 163 g/mol. The Morgan fingerprint density at radius 3 is 2.58 bits per heavy atom. The minimum absolute atomic E-state index is 0.594. The largest absolute Gasteiger partial charge is 0.359 e. The van der Waals surface area contributed by atoms with Gasteiger partial charge in [0.15, 0.2) is 0 Å². The van der Waals surface area contributed by atoms with Crippen LogP contribution in [0.5, 0.6) is 0 Å². The fraction of sp³-hybridized carbons (Fsp3) is 0.455. The van der Waals surface area contributed by atoms with Crippen molar-refractivity contribution in [1.82, 2.24) is 5.32 Å². The predicted molar refractivity (Wildman–Crippen MR) is 53.6 cm³/mol. The molecule has 1 aliphatic rings. The molecule has 0 saturated heterocycles. The summed E-state index contributed by atoms with van der Waals surface area (Å²) in [5, 5.41) is 3.30. The van der Waals surface area contributed by atoms with Crippen LogP contribution in [0.3, 0.4) is 0 Å². The monoisotopic (exact) mass is 163 g/mol. The van der Waals surface area contributed by atoms with Gasteiger partial charge < -0.3 is 5.32 Å². The molecule has 0 atom stereocenters. The van der Waals surface area contributed by atoms with Gasteiger partial charge in [-0.05, 0) is 24.0 Å². The first-order chi connectivity index (χ1) is 5.65. The maximum Gasteiger partial charge on any atom is 0.0308 e. The molecule has 0 fully saturated rings. The van der Waals surface area contributed by atoms with E-state index in [0.29, 0.717) is 5.92 Å². The zero-order valence-corrected chi connectivity index (χ0v) is 8.15. The molecule has 0 spiro atoms. The van der Waals surface area contributed by atoms with Crippen molar-refractivity contribution >= 4 is 0 Å². The molecule has 1 heteroatoms. The lowest BCUT2D eigenvalue weighted by molar-refractivity contribution is 0.738. The molecule has 0 unspecified atom stereocenters. The van der Waals surface area contributed by atoms with E-state index in [2.05, 4.69) is 38.7 Å². The van der Waals surface area contributed by atoms with Crippen LogP contribution in [0, 0.1) is 5.92 Å². The van der Waals surface area contributed by atoms with Crippen LogP contribution in [0.4, 0.5) is 0 Å². The molecule has 0 bridgehead atoms. The number of nitrogens with one attached hydrogen (secondary N) is 1. The Hall–Kier alpha value is -0.980. The highest BCUT2D eigenvalue weighted by Gasteiger charge is 2.10. The van der Waals surface area contributed by atoms with E-state index in [0.717, 1.165) is 12.1 Å². The standard InChI is InChI=1S/C11H17N/c1-5-11-10(8(2)3)7-6-9(4)12-11/h6-8,12H,4-5H2,1-3H3. The topological polar surface area (TPSA) is 12.0 Å². The fourth-order valence-corrected chi connectivity index (χ4v) is 1.43. The van der Waals surface area contributed by atoms with Gasteiger partial charge in [-0.2, -0.15) is 0 Å². The van der Waals surface area contributed by atoms with E-state index in [4.69, 9.17) is 0 Å². The van der Waals surface area contributed by atoms with Gasteiger partial charge in [-0.3, -0.25) is 0 Å². The van der Waals surface area contributed by atoms with Crippen molar-refractivity contribution in [3.63, 3.8) is 0 Å². The first-order valence-electron chi connectivity index (χ1n) is 4.52. The van der Waals surface area contributed by atoms with E-state index >= 15 is 0 Å². The van der Waals surface area contributed by atoms with Gasteiger partial charge in [0.2, 0.25) is 0 Å². The number of hydrogen-bond acceptors (Lipinski definition) is 1. The molecule has 0 saturated carbocycles. The lowest BCUT2D eigenvalue weighted by Gasteiger charge is -2.20. The third-order valence-corrected chi connectivity index (χ3v) is 2.10. The highest BCUT2D eigenvalue weighted by molar-refractivity contribution is 5.37. The van der Waals surface area contributed by atoms with Crippen LogP contribution in [0.2, 0.25) is 0 Å². The lowest BCUT2D eigenvalue weighted by Crippen LogP contribution is -2.17. The van der Waals surface area contributed by atoms with E-state index in [1.165, 1.54) is 11.3 Å². The summed E-state index contributed by atoms with van der Waals surface area (Å²) in [6.45, 7) is 10.5. The molecular weight excluding hydrogens is 146 g/mol. The highest BCUT2D eigenvalue weighted by atomic mass is 14.9. The molecule has 12 heavy (non-hydrogen) atoms. The van der Waals surface area contributed by atoms with Crippen molar-refractivity contribution in [2.45, 2.75) is 27.2 Å². The molecule has 0 aromatic carbocycles. The Morgan fingerprint density at radius 2 is 2.08 bits per heavy atom. The van der Waals surface area contributed by atoms with Gasteiger partial charge in [-0.15, -0.1) is 0 Å². The van der Waals surface area contributed by atoms with E-state index in [9.17, 15) is 0 Å². The molecule has 1 nitrogen and oxygen atoms in total. The van der Waals surface area contributed by atoms with Crippen molar-refractivity contribution in [1.29, 1.82) is 0 Å². The Balaban J connectivity index is 2.93. The Labute approximate surface area is 74.9 Å². The summed E-state index contributed by atoms with van der Waals surface area (Å²) in [7, 11) is 0. The van der Waals surface area contributed by atoms with Gasteiger partial charge >= 0.3 is 0 Å². The molecule has 0 aromatic rings. The Kier molecular flexibility index (Phi) is 2.74. The maximum absolute atomic E-state index is 3.87. The quantitative estimate of drug-likeness (QED) is 0.660. The fourth-order valence-electron chi connectivity index (χ4n) is 1.43. The van der Waals surface area contributed by atoms with Gasteiger partial charge in [0.25, 0.3) is 0 Å². The number of rotatable bonds is 2. The zero-order chi connectivity index (χ0) is 9.14. The van der Waals surface area contributed by atoms with Crippen LogP contribution in [0.25, 0.3) is 0 Å². The van der Waals surface area contributed by atoms with Crippen LogP contribution < -0.4 is 5.32 Å². The van der Waals surface area contributed by atoms with Crippen LogP contribution in [0.1, 0.15) is 27.2 Å². The van der Waals surface area contributed by atoms with Crippen LogP contribution in [-0.2, 0) is 0 Å². The molecule has 66 valence electrons. The molecule has 1 rings (SSSR count). The zero-order valence-electron chi connectivity index (χ0n) is 8.15. The summed E-state index contributed by atoms with van der Waals surface area (Å²) < 4.78 is 0. The van der Waals surface area contributed by atoms with E-state index < -0.39 is 0 Å². The highest BCUT2D eigenvalue weighted by Crippen LogP contribution is 2.21. The van der Waals surface area contributed by atoms with E-state index in [1.807, 2.05) is 6.08 Å². The van der Waals surface area contributed by atoms with Crippen molar-refractivity contribution in [2.24, 2.45) is 5.92 Å². The van der Waals surface area contributed by atoms with Crippen LogP contribution >= 0.6 is 0 Å². The van der Waals surface area contributed by atoms with Gasteiger partial charge in [-0.25, -0.2) is 0 Å². The molecule has 1 N–H and O–H groups in total.